The fraction of sp³-hybridized carbons (Fsp3) is 0.750. The van der Waals surface area contributed by atoms with Gasteiger partial charge in [0.15, 0.2) is 0 Å². The minimum absolute atomic E-state index is 0.0279. The third kappa shape index (κ3) is 6.20. The molecule has 0 fully saturated rings. The Morgan fingerprint density at radius 1 is 1.62 bits per heavy atom. The van der Waals surface area contributed by atoms with E-state index >= 15 is 0 Å². The molecule has 0 saturated heterocycles. The molecule has 0 amide bonds. The Balaban J connectivity index is 3.05. The summed E-state index contributed by atoms with van der Waals surface area (Å²) in [5.74, 6) is 0. The van der Waals surface area contributed by atoms with Crippen molar-refractivity contribution in [3.05, 3.63) is 0 Å². The molecule has 0 bridgehead atoms. The molecule has 0 heterocycles. The zero-order valence-corrected chi connectivity index (χ0v) is 6.46. The molecular weight excluding hydrogens is 144 g/mol. The van der Waals surface area contributed by atoms with Crippen LogP contribution < -0.4 is 0 Å². The number of rotatable bonds is 2. The van der Waals surface area contributed by atoms with Crippen LogP contribution in [-0.4, -0.2) is 10.5 Å². The van der Waals surface area contributed by atoms with Gasteiger partial charge < -0.3 is 4.89 Å². The van der Waals surface area contributed by atoms with Crippen molar-refractivity contribution in [2.75, 3.05) is 0 Å². The van der Waals surface area contributed by atoms with Crippen LogP contribution >= 0.6 is 24.8 Å². The standard InChI is InChI=1S/C4H8O2S2/c1-3(2)5-6-4(7)8/h3H,1-2H3,(H,7,8). The second-order valence-electron chi connectivity index (χ2n) is 1.49. The monoisotopic (exact) mass is 152 g/mol. The molecule has 0 rings (SSSR count). The van der Waals surface area contributed by atoms with Crippen molar-refractivity contribution in [3.8, 4) is 0 Å². The van der Waals surface area contributed by atoms with E-state index in [9.17, 15) is 0 Å². The van der Waals surface area contributed by atoms with E-state index in [2.05, 4.69) is 34.6 Å². The molecule has 2 nitrogen and oxygen atoms in total. The SMILES string of the molecule is CC(C)OOC(=S)S. The van der Waals surface area contributed by atoms with Gasteiger partial charge in [-0.25, -0.2) is 0 Å². The first-order valence-corrected chi connectivity index (χ1v) is 3.04. The smallest absolute Gasteiger partial charge is 0.260 e. The average molecular weight is 152 g/mol. The maximum Gasteiger partial charge on any atom is 0.260 e. The molecular formula is C4H8O2S2. The van der Waals surface area contributed by atoms with Crippen LogP contribution in [0.3, 0.4) is 0 Å². The number of thiocarbonyl (C=S) groups is 1. The molecule has 0 spiro atoms. The van der Waals surface area contributed by atoms with Gasteiger partial charge >= 0.3 is 0 Å². The Bertz CT molecular complexity index is 82.1. The highest BCUT2D eigenvalue weighted by molar-refractivity contribution is 8.10. The summed E-state index contributed by atoms with van der Waals surface area (Å²) < 4.78 is 0.110. The topological polar surface area (TPSA) is 18.5 Å². The van der Waals surface area contributed by atoms with Crippen LogP contribution in [0.2, 0.25) is 0 Å². The molecule has 0 aromatic rings. The summed E-state index contributed by atoms with van der Waals surface area (Å²) >= 11 is 8.09. The van der Waals surface area contributed by atoms with E-state index < -0.39 is 0 Å². The third-order valence-corrected chi connectivity index (χ3v) is 0.454. The van der Waals surface area contributed by atoms with Crippen LogP contribution in [0.4, 0.5) is 0 Å². The number of thiol groups is 1. The van der Waals surface area contributed by atoms with Crippen molar-refractivity contribution in [1.29, 1.82) is 0 Å². The molecule has 0 N–H and O–H groups in total. The third-order valence-electron chi connectivity index (χ3n) is 0.312. The summed E-state index contributed by atoms with van der Waals surface area (Å²) in [5.41, 5.74) is 0. The van der Waals surface area contributed by atoms with E-state index in [4.69, 9.17) is 0 Å². The Hall–Kier alpha value is 0.200. The summed E-state index contributed by atoms with van der Waals surface area (Å²) in [6.07, 6.45) is 0.0279. The van der Waals surface area contributed by atoms with Crippen molar-refractivity contribution in [3.63, 3.8) is 0 Å². The zero-order chi connectivity index (χ0) is 6.57. The quantitative estimate of drug-likeness (QED) is 0.280. The maximum absolute atomic E-state index is 4.59. The lowest BCUT2D eigenvalue weighted by atomic mass is 10.5. The lowest BCUT2D eigenvalue weighted by Gasteiger charge is -2.03. The van der Waals surface area contributed by atoms with E-state index in [-0.39, 0.29) is 10.5 Å². The van der Waals surface area contributed by atoms with E-state index in [1.807, 2.05) is 13.8 Å². The van der Waals surface area contributed by atoms with Crippen molar-refractivity contribution in [2.24, 2.45) is 0 Å². The van der Waals surface area contributed by atoms with Crippen molar-refractivity contribution in [2.45, 2.75) is 20.0 Å². The van der Waals surface area contributed by atoms with Gasteiger partial charge in [-0.3, -0.25) is 0 Å². The number of hydrogen-bond acceptors (Lipinski definition) is 3. The molecule has 0 saturated carbocycles. The van der Waals surface area contributed by atoms with Gasteiger partial charge in [-0.15, -0.1) is 0 Å². The highest BCUT2D eigenvalue weighted by Crippen LogP contribution is 1.93. The van der Waals surface area contributed by atoms with Crippen molar-refractivity contribution < 1.29 is 9.78 Å². The molecule has 0 aliphatic rings. The van der Waals surface area contributed by atoms with Crippen LogP contribution in [0.25, 0.3) is 0 Å². The fourth-order valence-corrected chi connectivity index (χ4v) is 0.220. The van der Waals surface area contributed by atoms with Gasteiger partial charge in [0.2, 0.25) is 0 Å². The highest BCUT2D eigenvalue weighted by Gasteiger charge is 1.93. The minimum atomic E-state index is 0.0279. The predicted octanol–water partition coefficient (Wildman–Crippen LogP) is 1.56. The normalized spacial score (nSPS) is 9.50. The second-order valence-corrected chi connectivity index (χ2v) is 2.57. The van der Waals surface area contributed by atoms with Gasteiger partial charge in [0.05, 0.1) is 6.10 Å². The lowest BCUT2D eigenvalue weighted by molar-refractivity contribution is -0.243. The first kappa shape index (κ1) is 8.20. The van der Waals surface area contributed by atoms with Crippen LogP contribution in [-0.2, 0) is 9.78 Å². The van der Waals surface area contributed by atoms with Crippen LogP contribution in [0, 0.1) is 0 Å². The van der Waals surface area contributed by atoms with Crippen molar-refractivity contribution >= 4 is 29.2 Å². The minimum Gasteiger partial charge on any atom is -0.318 e. The molecule has 0 unspecified atom stereocenters. The maximum atomic E-state index is 4.59. The molecule has 48 valence electrons. The second kappa shape index (κ2) is 4.12. The molecule has 0 aromatic heterocycles. The van der Waals surface area contributed by atoms with Gasteiger partial charge in [0.1, 0.15) is 0 Å². The molecule has 8 heavy (non-hydrogen) atoms. The van der Waals surface area contributed by atoms with Crippen LogP contribution in [0.15, 0.2) is 0 Å². The van der Waals surface area contributed by atoms with Crippen molar-refractivity contribution in [1.82, 2.24) is 0 Å². The van der Waals surface area contributed by atoms with Gasteiger partial charge in [-0.1, -0.05) is 12.6 Å². The molecule has 0 aliphatic heterocycles. The zero-order valence-electron chi connectivity index (χ0n) is 4.75. The Morgan fingerprint density at radius 3 is 2.25 bits per heavy atom. The summed E-state index contributed by atoms with van der Waals surface area (Å²) in [6.45, 7) is 3.68. The Morgan fingerprint density at radius 2 is 2.12 bits per heavy atom. The summed E-state index contributed by atoms with van der Waals surface area (Å²) in [4.78, 5) is 8.98. The van der Waals surface area contributed by atoms with Crippen LogP contribution in [0.1, 0.15) is 13.8 Å². The Labute approximate surface area is 59.5 Å². The highest BCUT2D eigenvalue weighted by atomic mass is 32.1. The summed E-state index contributed by atoms with van der Waals surface area (Å²) in [5, 5.41) is 0. The summed E-state index contributed by atoms with van der Waals surface area (Å²) in [7, 11) is 0. The molecule has 0 aromatic carbocycles. The first-order chi connectivity index (χ1) is 3.63. The fourth-order valence-electron chi connectivity index (χ4n) is 0.137. The lowest BCUT2D eigenvalue weighted by Crippen LogP contribution is -2.04. The van der Waals surface area contributed by atoms with E-state index in [0.29, 0.717) is 0 Å². The Kier molecular flexibility index (Phi) is 4.22. The largest absolute Gasteiger partial charge is 0.318 e. The predicted molar refractivity (Wildman–Crippen MR) is 38.9 cm³/mol. The molecule has 0 radical (unpaired) electrons. The molecule has 0 atom stereocenters. The van der Waals surface area contributed by atoms with Gasteiger partial charge in [-0.2, -0.15) is 4.89 Å². The van der Waals surface area contributed by atoms with E-state index in [0.717, 1.165) is 0 Å². The molecule has 4 heteroatoms. The van der Waals surface area contributed by atoms with Gasteiger partial charge in [0.25, 0.3) is 4.38 Å². The average Bonchev–Trinajstić information content (AvgIpc) is 1.61. The van der Waals surface area contributed by atoms with Gasteiger partial charge in [-0.05, 0) is 26.1 Å². The number of hydrogen-bond donors (Lipinski definition) is 1. The van der Waals surface area contributed by atoms with Gasteiger partial charge in [0, 0.05) is 0 Å². The summed E-state index contributed by atoms with van der Waals surface area (Å²) in [6, 6.07) is 0. The van der Waals surface area contributed by atoms with E-state index in [1.165, 1.54) is 0 Å². The first-order valence-electron chi connectivity index (χ1n) is 2.19. The van der Waals surface area contributed by atoms with Crippen LogP contribution in [0.5, 0.6) is 0 Å². The van der Waals surface area contributed by atoms with E-state index in [1.54, 1.807) is 0 Å². The molecule has 0 aliphatic carbocycles.